The van der Waals surface area contributed by atoms with E-state index >= 15 is 0 Å². The molecule has 2 aliphatic rings. The van der Waals surface area contributed by atoms with Crippen LogP contribution >= 0.6 is 0 Å². The van der Waals surface area contributed by atoms with Crippen molar-refractivity contribution in [3.05, 3.63) is 29.8 Å². The van der Waals surface area contributed by atoms with Gasteiger partial charge in [-0.25, -0.2) is 0 Å². The van der Waals surface area contributed by atoms with Crippen LogP contribution in [0.5, 0.6) is 0 Å². The van der Waals surface area contributed by atoms with Gasteiger partial charge in [-0.15, -0.1) is 0 Å². The highest BCUT2D eigenvalue weighted by atomic mass is 16.3. The van der Waals surface area contributed by atoms with Crippen molar-refractivity contribution in [2.45, 2.75) is 50.7 Å². The van der Waals surface area contributed by atoms with Crippen LogP contribution in [0.4, 0.5) is 5.69 Å². The highest BCUT2D eigenvalue weighted by molar-refractivity contribution is 5.59. The normalized spacial score (nSPS) is 23.5. The van der Waals surface area contributed by atoms with Crippen molar-refractivity contribution in [1.82, 2.24) is 5.32 Å². The predicted molar refractivity (Wildman–Crippen MR) is 78.6 cm³/mol. The van der Waals surface area contributed by atoms with Crippen LogP contribution in [0.25, 0.3) is 0 Å². The molecule has 19 heavy (non-hydrogen) atoms. The van der Waals surface area contributed by atoms with Crippen LogP contribution < -0.4 is 10.2 Å². The number of hydrogen-bond acceptors (Lipinski definition) is 3. The van der Waals surface area contributed by atoms with Gasteiger partial charge in [0.25, 0.3) is 0 Å². The van der Waals surface area contributed by atoms with Crippen LogP contribution in [0, 0.1) is 0 Å². The zero-order valence-electron chi connectivity index (χ0n) is 11.7. The molecule has 104 valence electrons. The number of aliphatic hydroxyl groups excluding tert-OH is 1. The van der Waals surface area contributed by atoms with Crippen LogP contribution in [-0.4, -0.2) is 36.4 Å². The van der Waals surface area contributed by atoms with Gasteiger partial charge >= 0.3 is 0 Å². The molecule has 0 saturated heterocycles. The molecular weight excluding hydrogens is 236 g/mol. The van der Waals surface area contributed by atoms with Crippen molar-refractivity contribution in [2.75, 3.05) is 18.1 Å². The lowest BCUT2D eigenvalue weighted by Crippen LogP contribution is -2.39. The molecule has 0 spiro atoms. The van der Waals surface area contributed by atoms with Crippen LogP contribution in [0.3, 0.4) is 0 Å². The van der Waals surface area contributed by atoms with Gasteiger partial charge in [-0.05, 0) is 44.2 Å². The smallest absolute Gasteiger partial charge is 0.0585 e. The first kappa shape index (κ1) is 12.9. The summed E-state index contributed by atoms with van der Waals surface area (Å²) >= 11 is 0. The quantitative estimate of drug-likeness (QED) is 0.820. The summed E-state index contributed by atoms with van der Waals surface area (Å²) < 4.78 is 0. The van der Waals surface area contributed by atoms with Gasteiger partial charge in [0.1, 0.15) is 0 Å². The van der Waals surface area contributed by atoms with E-state index in [1.807, 2.05) is 0 Å². The molecule has 1 aliphatic heterocycles. The number of rotatable bonds is 6. The Balaban J connectivity index is 1.59. The average Bonchev–Trinajstić information content (AvgIpc) is 3.17. The Morgan fingerprint density at radius 3 is 2.89 bits per heavy atom. The van der Waals surface area contributed by atoms with Crippen molar-refractivity contribution in [3.8, 4) is 0 Å². The second-order valence-electron chi connectivity index (χ2n) is 5.98. The first-order valence-electron chi connectivity index (χ1n) is 7.49. The zero-order valence-corrected chi connectivity index (χ0v) is 11.7. The van der Waals surface area contributed by atoms with Gasteiger partial charge < -0.3 is 15.3 Å². The number of fused-ring (bicyclic) bond motifs is 1. The maximum atomic E-state index is 9.46. The van der Waals surface area contributed by atoms with Gasteiger partial charge in [-0.2, -0.15) is 0 Å². The minimum Gasteiger partial charge on any atom is -0.395 e. The first-order valence-corrected chi connectivity index (χ1v) is 7.49. The molecule has 0 aromatic heterocycles. The molecule has 3 rings (SSSR count). The lowest BCUT2D eigenvalue weighted by Gasteiger charge is -2.27. The van der Waals surface area contributed by atoms with E-state index in [4.69, 9.17) is 0 Å². The number of anilines is 1. The molecule has 2 unspecified atom stereocenters. The summed E-state index contributed by atoms with van der Waals surface area (Å²) in [6, 6.07) is 10.2. The average molecular weight is 260 g/mol. The minimum absolute atomic E-state index is 0.250. The standard InChI is InChI=1S/C16H24N2O/c1-12-10-13-4-2-3-5-16(13)18(12)9-8-15(11-19)17-14-6-7-14/h2-5,12,14-15,17,19H,6-11H2,1H3. The summed E-state index contributed by atoms with van der Waals surface area (Å²) in [5.41, 5.74) is 2.85. The van der Waals surface area contributed by atoms with Gasteiger partial charge in [0.2, 0.25) is 0 Å². The Kier molecular flexibility index (Phi) is 3.76. The Labute approximate surface area is 115 Å². The minimum atomic E-state index is 0.250. The summed E-state index contributed by atoms with van der Waals surface area (Å²) in [6.07, 6.45) is 4.72. The number of para-hydroxylation sites is 1. The fraction of sp³-hybridized carbons (Fsp3) is 0.625. The first-order chi connectivity index (χ1) is 9.28. The van der Waals surface area contributed by atoms with E-state index in [0.29, 0.717) is 12.1 Å². The summed E-state index contributed by atoms with van der Waals surface area (Å²) in [6.45, 7) is 3.58. The highest BCUT2D eigenvalue weighted by Crippen LogP contribution is 2.31. The van der Waals surface area contributed by atoms with Crippen LogP contribution in [0.2, 0.25) is 0 Å². The third-order valence-electron chi connectivity index (χ3n) is 4.34. The molecule has 2 N–H and O–H groups in total. The summed E-state index contributed by atoms with van der Waals surface area (Å²) in [4.78, 5) is 2.49. The van der Waals surface area contributed by atoms with Crippen molar-refractivity contribution >= 4 is 5.69 Å². The van der Waals surface area contributed by atoms with Crippen molar-refractivity contribution in [1.29, 1.82) is 0 Å². The van der Waals surface area contributed by atoms with Crippen LogP contribution in [0.1, 0.15) is 31.7 Å². The Morgan fingerprint density at radius 2 is 2.16 bits per heavy atom. The highest BCUT2D eigenvalue weighted by Gasteiger charge is 2.27. The molecule has 1 fully saturated rings. The molecule has 3 heteroatoms. The second-order valence-corrected chi connectivity index (χ2v) is 5.98. The molecule has 1 saturated carbocycles. The van der Waals surface area contributed by atoms with Gasteiger partial charge in [0.05, 0.1) is 6.61 Å². The van der Waals surface area contributed by atoms with E-state index in [-0.39, 0.29) is 12.6 Å². The van der Waals surface area contributed by atoms with Crippen LogP contribution in [0.15, 0.2) is 24.3 Å². The van der Waals surface area contributed by atoms with Crippen molar-refractivity contribution < 1.29 is 5.11 Å². The van der Waals surface area contributed by atoms with Crippen molar-refractivity contribution in [3.63, 3.8) is 0 Å². The lowest BCUT2D eigenvalue weighted by atomic mass is 10.1. The molecule has 0 radical (unpaired) electrons. The van der Waals surface area contributed by atoms with Gasteiger partial charge in [-0.3, -0.25) is 0 Å². The number of benzene rings is 1. The third kappa shape index (κ3) is 2.93. The predicted octanol–water partition coefficient (Wildman–Crippen LogP) is 1.94. The van der Waals surface area contributed by atoms with E-state index in [9.17, 15) is 5.11 Å². The Hall–Kier alpha value is -1.06. The van der Waals surface area contributed by atoms with E-state index in [1.165, 1.54) is 24.1 Å². The van der Waals surface area contributed by atoms with Crippen molar-refractivity contribution in [2.24, 2.45) is 0 Å². The van der Waals surface area contributed by atoms with E-state index in [0.717, 1.165) is 19.4 Å². The molecule has 1 aliphatic carbocycles. The molecule has 0 amide bonds. The largest absolute Gasteiger partial charge is 0.395 e. The summed E-state index contributed by atoms with van der Waals surface area (Å²) in [7, 11) is 0. The van der Waals surface area contributed by atoms with E-state index in [2.05, 4.69) is 41.4 Å². The molecule has 3 nitrogen and oxygen atoms in total. The molecule has 1 heterocycles. The monoisotopic (exact) mass is 260 g/mol. The van der Waals surface area contributed by atoms with Gasteiger partial charge in [0.15, 0.2) is 0 Å². The molecular formula is C16H24N2O. The fourth-order valence-electron chi connectivity index (χ4n) is 3.08. The number of nitrogens with zero attached hydrogens (tertiary/aromatic N) is 1. The topological polar surface area (TPSA) is 35.5 Å². The SMILES string of the molecule is CC1Cc2ccccc2N1CCC(CO)NC1CC1. The maximum Gasteiger partial charge on any atom is 0.0585 e. The fourth-order valence-corrected chi connectivity index (χ4v) is 3.08. The lowest BCUT2D eigenvalue weighted by molar-refractivity contribution is 0.235. The number of aliphatic hydroxyl groups is 1. The molecule has 0 bridgehead atoms. The molecule has 1 aromatic rings. The number of nitrogens with one attached hydrogen (secondary N) is 1. The summed E-state index contributed by atoms with van der Waals surface area (Å²) in [5.74, 6) is 0. The second kappa shape index (κ2) is 5.51. The van der Waals surface area contributed by atoms with Gasteiger partial charge in [0, 0.05) is 30.4 Å². The van der Waals surface area contributed by atoms with Crippen LogP contribution in [-0.2, 0) is 6.42 Å². The molecule has 1 aromatic carbocycles. The maximum absolute atomic E-state index is 9.46. The zero-order chi connectivity index (χ0) is 13.2. The number of hydrogen-bond donors (Lipinski definition) is 2. The molecule has 2 atom stereocenters. The van der Waals surface area contributed by atoms with Gasteiger partial charge in [-0.1, -0.05) is 18.2 Å². The van der Waals surface area contributed by atoms with E-state index in [1.54, 1.807) is 0 Å². The third-order valence-corrected chi connectivity index (χ3v) is 4.34. The van der Waals surface area contributed by atoms with E-state index < -0.39 is 0 Å². The Morgan fingerprint density at radius 1 is 1.37 bits per heavy atom. The Bertz CT molecular complexity index is 431. The summed E-state index contributed by atoms with van der Waals surface area (Å²) in [5, 5.41) is 13.0.